The van der Waals surface area contributed by atoms with Gasteiger partial charge in [0.05, 0.1) is 0 Å². The molecule has 0 saturated heterocycles. The van der Waals surface area contributed by atoms with Gasteiger partial charge in [0.1, 0.15) is 0 Å². The Hall–Kier alpha value is -2.23. The minimum atomic E-state index is -0.107. The molecule has 80 valence electrons. The molecular formula is C12H9NO3. The van der Waals surface area contributed by atoms with Crippen molar-refractivity contribution in [3.8, 4) is 22.6 Å². The van der Waals surface area contributed by atoms with Crippen LogP contribution in [-0.4, -0.2) is 11.8 Å². The number of nitrogens with one attached hydrogen (secondary N) is 1. The number of pyridine rings is 1. The molecular weight excluding hydrogens is 206 g/mol. The Morgan fingerprint density at radius 3 is 2.62 bits per heavy atom. The first-order valence-corrected chi connectivity index (χ1v) is 4.92. The molecule has 4 nitrogen and oxygen atoms in total. The van der Waals surface area contributed by atoms with E-state index in [1.54, 1.807) is 12.3 Å². The fourth-order valence-electron chi connectivity index (χ4n) is 1.67. The number of aromatic nitrogens is 1. The SMILES string of the molecule is O=c1ccc(-c2ccc3c(c2)OCO3)c[nH]1. The van der Waals surface area contributed by atoms with E-state index < -0.39 is 0 Å². The highest BCUT2D eigenvalue weighted by Crippen LogP contribution is 2.35. The molecule has 0 unspecified atom stereocenters. The molecule has 4 heteroatoms. The van der Waals surface area contributed by atoms with Crippen molar-refractivity contribution in [1.29, 1.82) is 0 Å². The first-order chi connectivity index (χ1) is 7.83. The molecule has 0 radical (unpaired) electrons. The van der Waals surface area contributed by atoms with E-state index in [0.29, 0.717) is 0 Å². The fraction of sp³-hybridized carbons (Fsp3) is 0.0833. The minimum Gasteiger partial charge on any atom is -0.454 e. The zero-order chi connectivity index (χ0) is 11.0. The second-order valence-corrected chi connectivity index (χ2v) is 3.51. The smallest absolute Gasteiger partial charge is 0.247 e. The molecule has 0 aliphatic carbocycles. The third-order valence-corrected chi connectivity index (χ3v) is 2.49. The summed E-state index contributed by atoms with van der Waals surface area (Å²) in [4.78, 5) is 13.6. The summed E-state index contributed by atoms with van der Waals surface area (Å²) in [5, 5.41) is 0. The van der Waals surface area contributed by atoms with Crippen LogP contribution in [0, 0.1) is 0 Å². The molecule has 0 atom stereocenters. The lowest BCUT2D eigenvalue weighted by Gasteiger charge is -2.02. The van der Waals surface area contributed by atoms with E-state index in [-0.39, 0.29) is 12.4 Å². The van der Waals surface area contributed by atoms with Gasteiger partial charge in [-0.25, -0.2) is 0 Å². The van der Waals surface area contributed by atoms with Gasteiger partial charge in [-0.05, 0) is 29.3 Å². The van der Waals surface area contributed by atoms with E-state index in [9.17, 15) is 4.79 Å². The summed E-state index contributed by atoms with van der Waals surface area (Å²) in [6, 6.07) is 8.97. The van der Waals surface area contributed by atoms with Crippen LogP contribution >= 0.6 is 0 Å². The molecule has 1 aliphatic heterocycles. The van der Waals surface area contributed by atoms with Gasteiger partial charge in [0, 0.05) is 12.3 Å². The second-order valence-electron chi connectivity index (χ2n) is 3.51. The molecule has 0 saturated carbocycles. The summed E-state index contributed by atoms with van der Waals surface area (Å²) in [7, 11) is 0. The maximum Gasteiger partial charge on any atom is 0.247 e. The molecule has 0 bridgehead atoms. The van der Waals surface area contributed by atoms with E-state index in [1.165, 1.54) is 6.07 Å². The van der Waals surface area contributed by atoms with E-state index >= 15 is 0 Å². The number of hydrogen-bond acceptors (Lipinski definition) is 3. The Morgan fingerprint density at radius 2 is 1.81 bits per heavy atom. The van der Waals surface area contributed by atoms with Crippen LogP contribution in [0.15, 0.2) is 41.3 Å². The quantitative estimate of drug-likeness (QED) is 0.788. The lowest BCUT2D eigenvalue weighted by Crippen LogP contribution is -2.01. The Kier molecular flexibility index (Phi) is 1.93. The molecule has 1 aromatic carbocycles. The summed E-state index contributed by atoms with van der Waals surface area (Å²) >= 11 is 0. The van der Waals surface area contributed by atoms with Gasteiger partial charge in [-0.2, -0.15) is 0 Å². The molecule has 2 heterocycles. The third kappa shape index (κ3) is 1.44. The summed E-state index contributed by atoms with van der Waals surface area (Å²) in [6.45, 7) is 0.268. The monoisotopic (exact) mass is 215 g/mol. The van der Waals surface area contributed by atoms with Gasteiger partial charge in [0.2, 0.25) is 12.4 Å². The summed E-state index contributed by atoms with van der Waals surface area (Å²) < 4.78 is 10.5. The molecule has 1 aromatic heterocycles. The molecule has 0 spiro atoms. The van der Waals surface area contributed by atoms with Crippen LogP contribution in [0.2, 0.25) is 0 Å². The maximum absolute atomic E-state index is 10.9. The first kappa shape index (κ1) is 9.03. The topological polar surface area (TPSA) is 51.3 Å². The largest absolute Gasteiger partial charge is 0.454 e. The number of benzene rings is 1. The van der Waals surface area contributed by atoms with Crippen LogP contribution in [0.3, 0.4) is 0 Å². The molecule has 1 N–H and O–H groups in total. The summed E-state index contributed by atoms with van der Waals surface area (Å²) in [5.41, 5.74) is 1.82. The van der Waals surface area contributed by atoms with E-state index in [0.717, 1.165) is 22.6 Å². The number of ether oxygens (including phenoxy) is 2. The van der Waals surface area contributed by atoms with Crippen LogP contribution < -0.4 is 15.0 Å². The average Bonchev–Trinajstić information content (AvgIpc) is 2.77. The zero-order valence-electron chi connectivity index (χ0n) is 8.40. The molecule has 16 heavy (non-hydrogen) atoms. The Labute approximate surface area is 91.5 Å². The average molecular weight is 215 g/mol. The van der Waals surface area contributed by atoms with Gasteiger partial charge in [-0.1, -0.05) is 6.07 Å². The summed E-state index contributed by atoms with van der Waals surface area (Å²) in [6.07, 6.45) is 1.68. The fourth-order valence-corrected chi connectivity index (χ4v) is 1.67. The Bertz CT molecular complexity index is 569. The number of hydrogen-bond donors (Lipinski definition) is 1. The zero-order valence-corrected chi connectivity index (χ0v) is 8.40. The second kappa shape index (κ2) is 3.41. The van der Waals surface area contributed by atoms with Gasteiger partial charge in [0.25, 0.3) is 0 Å². The van der Waals surface area contributed by atoms with Crippen molar-refractivity contribution in [2.24, 2.45) is 0 Å². The predicted octanol–water partition coefficient (Wildman–Crippen LogP) is 1.77. The van der Waals surface area contributed by atoms with Crippen LogP contribution in [0.4, 0.5) is 0 Å². The highest BCUT2D eigenvalue weighted by Gasteiger charge is 2.13. The van der Waals surface area contributed by atoms with Crippen LogP contribution in [0.25, 0.3) is 11.1 Å². The van der Waals surface area contributed by atoms with Crippen molar-refractivity contribution in [3.63, 3.8) is 0 Å². The highest BCUT2D eigenvalue weighted by atomic mass is 16.7. The van der Waals surface area contributed by atoms with E-state index in [4.69, 9.17) is 9.47 Å². The Balaban J connectivity index is 2.07. The molecule has 0 fully saturated rings. The first-order valence-electron chi connectivity index (χ1n) is 4.92. The lowest BCUT2D eigenvalue weighted by atomic mass is 10.1. The maximum atomic E-state index is 10.9. The molecule has 1 aliphatic rings. The Morgan fingerprint density at radius 1 is 1.00 bits per heavy atom. The molecule has 0 amide bonds. The standard InChI is InChI=1S/C12H9NO3/c14-12-4-2-9(6-13-12)8-1-3-10-11(5-8)16-7-15-10/h1-6H,7H2,(H,13,14). The number of aromatic amines is 1. The lowest BCUT2D eigenvalue weighted by molar-refractivity contribution is 0.174. The van der Waals surface area contributed by atoms with Gasteiger partial charge in [-0.15, -0.1) is 0 Å². The van der Waals surface area contributed by atoms with E-state index in [2.05, 4.69) is 4.98 Å². The highest BCUT2D eigenvalue weighted by molar-refractivity contribution is 5.66. The minimum absolute atomic E-state index is 0.107. The number of H-pyrrole nitrogens is 1. The van der Waals surface area contributed by atoms with Gasteiger partial charge < -0.3 is 14.5 Å². The van der Waals surface area contributed by atoms with E-state index in [1.807, 2.05) is 18.2 Å². The number of rotatable bonds is 1. The van der Waals surface area contributed by atoms with Crippen LogP contribution in [0.5, 0.6) is 11.5 Å². The van der Waals surface area contributed by atoms with Crippen molar-refractivity contribution in [1.82, 2.24) is 4.98 Å². The van der Waals surface area contributed by atoms with Gasteiger partial charge >= 0.3 is 0 Å². The van der Waals surface area contributed by atoms with Crippen molar-refractivity contribution in [3.05, 3.63) is 46.9 Å². The van der Waals surface area contributed by atoms with Crippen LogP contribution in [-0.2, 0) is 0 Å². The van der Waals surface area contributed by atoms with Crippen molar-refractivity contribution in [2.75, 3.05) is 6.79 Å². The van der Waals surface area contributed by atoms with Gasteiger partial charge in [-0.3, -0.25) is 4.79 Å². The third-order valence-electron chi connectivity index (χ3n) is 2.49. The normalized spacial score (nSPS) is 12.8. The molecule has 2 aromatic rings. The van der Waals surface area contributed by atoms with Gasteiger partial charge in [0.15, 0.2) is 11.5 Å². The molecule has 3 rings (SSSR count). The summed E-state index contributed by atoms with van der Waals surface area (Å²) in [5.74, 6) is 1.50. The van der Waals surface area contributed by atoms with Crippen molar-refractivity contribution < 1.29 is 9.47 Å². The predicted molar refractivity (Wildman–Crippen MR) is 58.6 cm³/mol. The van der Waals surface area contributed by atoms with Crippen molar-refractivity contribution in [2.45, 2.75) is 0 Å². The number of fused-ring (bicyclic) bond motifs is 1. The van der Waals surface area contributed by atoms with Crippen LogP contribution in [0.1, 0.15) is 0 Å². The van der Waals surface area contributed by atoms with Crippen molar-refractivity contribution >= 4 is 0 Å².